The van der Waals surface area contributed by atoms with E-state index in [1.54, 1.807) is 0 Å². The molecule has 2 fully saturated rings. The monoisotopic (exact) mass is 232 g/mol. The highest BCUT2D eigenvalue weighted by Crippen LogP contribution is 2.56. The predicted molar refractivity (Wildman–Crippen MR) is 66.6 cm³/mol. The lowest BCUT2D eigenvalue weighted by molar-refractivity contribution is -0.133. The second-order valence-corrected chi connectivity index (χ2v) is 6.41. The van der Waals surface area contributed by atoms with Gasteiger partial charge in [0.1, 0.15) is 5.78 Å². The number of hydrogen-bond acceptors (Lipinski definition) is 2. The Kier molecular flexibility index (Phi) is 2.55. The SMILES string of the molecule is O=C1C[C@@]2(Sc3ccccc3)CCCC[C@H]12. The van der Waals surface area contributed by atoms with Crippen LogP contribution in [0.5, 0.6) is 0 Å². The third-order valence-electron chi connectivity index (χ3n) is 3.90. The Balaban J connectivity index is 1.81. The predicted octanol–water partition coefficient (Wildman–Crippen LogP) is 3.68. The van der Waals surface area contributed by atoms with E-state index in [2.05, 4.69) is 24.3 Å². The van der Waals surface area contributed by atoms with E-state index in [1.807, 2.05) is 17.8 Å². The van der Waals surface area contributed by atoms with Crippen molar-refractivity contribution >= 4 is 17.5 Å². The highest BCUT2D eigenvalue weighted by atomic mass is 32.2. The number of thioether (sulfide) groups is 1. The second-order valence-electron chi connectivity index (χ2n) is 4.92. The normalized spacial score (nSPS) is 33.0. The number of Topliss-reactive ketones (excluding diaryl/α,β-unsaturated/α-hetero) is 1. The molecule has 0 spiro atoms. The lowest BCUT2D eigenvalue weighted by atomic mass is 9.64. The van der Waals surface area contributed by atoms with Gasteiger partial charge in [-0.1, -0.05) is 31.0 Å². The first kappa shape index (κ1) is 10.4. The molecule has 0 aromatic heterocycles. The molecule has 0 saturated heterocycles. The highest BCUT2D eigenvalue weighted by molar-refractivity contribution is 8.00. The summed E-state index contributed by atoms with van der Waals surface area (Å²) < 4.78 is 0.261. The van der Waals surface area contributed by atoms with Gasteiger partial charge in [0, 0.05) is 22.0 Å². The summed E-state index contributed by atoms with van der Waals surface area (Å²) in [5.41, 5.74) is 0. The Morgan fingerprint density at radius 3 is 2.75 bits per heavy atom. The van der Waals surface area contributed by atoms with Crippen molar-refractivity contribution in [1.82, 2.24) is 0 Å². The van der Waals surface area contributed by atoms with Crippen molar-refractivity contribution in [3.05, 3.63) is 30.3 Å². The first-order valence-electron chi connectivity index (χ1n) is 6.07. The van der Waals surface area contributed by atoms with E-state index in [1.165, 1.54) is 24.2 Å². The number of hydrogen-bond donors (Lipinski definition) is 0. The van der Waals surface area contributed by atoms with E-state index in [9.17, 15) is 4.79 Å². The molecule has 0 aliphatic heterocycles. The molecule has 2 heteroatoms. The van der Waals surface area contributed by atoms with E-state index in [0.29, 0.717) is 11.7 Å². The number of rotatable bonds is 2. The van der Waals surface area contributed by atoms with E-state index < -0.39 is 0 Å². The van der Waals surface area contributed by atoms with Gasteiger partial charge < -0.3 is 0 Å². The maximum Gasteiger partial charge on any atom is 0.138 e. The molecule has 0 heterocycles. The molecule has 84 valence electrons. The molecule has 2 aliphatic carbocycles. The third kappa shape index (κ3) is 1.60. The van der Waals surface area contributed by atoms with Crippen LogP contribution >= 0.6 is 11.8 Å². The molecule has 16 heavy (non-hydrogen) atoms. The molecule has 2 saturated carbocycles. The first-order valence-corrected chi connectivity index (χ1v) is 6.89. The third-order valence-corrected chi connectivity index (χ3v) is 5.45. The average molecular weight is 232 g/mol. The number of carbonyl (C=O) groups is 1. The maximum atomic E-state index is 11.6. The minimum Gasteiger partial charge on any atom is -0.299 e. The Morgan fingerprint density at radius 2 is 2.00 bits per heavy atom. The van der Waals surface area contributed by atoms with E-state index in [0.717, 1.165) is 12.8 Å². The van der Waals surface area contributed by atoms with Crippen LogP contribution in [0.15, 0.2) is 35.2 Å². The first-order chi connectivity index (χ1) is 7.80. The van der Waals surface area contributed by atoms with Crippen LogP contribution in [0.1, 0.15) is 32.1 Å². The van der Waals surface area contributed by atoms with Gasteiger partial charge in [0.05, 0.1) is 0 Å². The molecule has 2 atom stereocenters. The van der Waals surface area contributed by atoms with E-state index in [4.69, 9.17) is 0 Å². The van der Waals surface area contributed by atoms with E-state index >= 15 is 0 Å². The summed E-state index contributed by atoms with van der Waals surface area (Å²) in [5, 5.41) is 0. The molecule has 1 aromatic carbocycles. The molecule has 2 aliphatic rings. The molecule has 0 amide bonds. The lowest BCUT2D eigenvalue weighted by Gasteiger charge is -2.50. The van der Waals surface area contributed by atoms with Gasteiger partial charge in [-0.05, 0) is 25.0 Å². The molecule has 1 nitrogen and oxygen atoms in total. The Morgan fingerprint density at radius 1 is 1.19 bits per heavy atom. The fourth-order valence-electron chi connectivity index (χ4n) is 3.04. The minimum atomic E-state index is 0.261. The summed E-state index contributed by atoms with van der Waals surface area (Å²) in [6.07, 6.45) is 5.69. The number of fused-ring (bicyclic) bond motifs is 1. The second kappa shape index (κ2) is 3.92. The topological polar surface area (TPSA) is 17.1 Å². The van der Waals surface area contributed by atoms with Crippen LogP contribution in [0, 0.1) is 5.92 Å². The van der Waals surface area contributed by atoms with Crippen molar-refractivity contribution in [2.75, 3.05) is 0 Å². The summed E-state index contributed by atoms with van der Waals surface area (Å²) in [6.45, 7) is 0. The summed E-state index contributed by atoms with van der Waals surface area (Å²) in [7, 11) is 0. The average Bonchev–Trinajstić information content (AvgIpc) is 2.29. The fraction of sp³-hybridized carbons (Fsp3) is 0.500. The largest absolute Gasteiger partial charge is 0.299 e. The summed E-state index contributed by atoms with van der Waals surface area (Å²) in [5.74, 6) is 0.856. The van der Waals surface area contributed by atoms with Crippen molar-refractivity contribution in [3.63, 3.8) is 0 Å². The maximum absolute atomic E-state index is 11.6. The standard InChI is InChI=1S/C14H16OS/c15-13-10-14(9-5-4-8-12(13)14)16-11-6-2-1-3-7-11/h1-3,6-7,12H,4-5,8-10H2/t12-,14+/m1/s1. The lowest BCUT2D eigenvalue weighted by Crippen LogP contribution is -2.53. The van der Waals surface area contributed by atoms with Gasteiger partial charge in [-0.2, -0.15) is 0 Å². The van der Waals surface area contributed by atoms with Gasteiger partial charge in [0.25, 0.3) is 0 Å². The zero-order chi connectivity index (χ0) is 11.0. The van der Waals surface area contributed by atoms with Crippen LogP contribution in [0.2, 0.25) is 0 Å². The van der Waals surface area contributed by atoms with Crippen LogP contribution in [-0.4, -0.2) is 10.5 Å². The molecule has 1 aromatic rings. The van der Waals surface area contributed by atoms with Gasteiger partial charge >= 0.3 is 0 Å². The van der Waals surface area contributed by atoms with Gasteiger partial charge in [0.15, 0.2) is 0 Å². The van der Waals surface area contributed by atoms with Crippen molar-refractivity contribution < 1.29 is 4.79 Å². The zero-order valence-corrected chi connectivity index (χ0v) is 10.1. The van der Waals surface area contributed by atoms with Gasteiger partial charge in [-0.15, -0.1) is 11.8 Å². The molecular weight excluding hydrogens is 216 g/mol. The molecule has 0 N–H and O–H groups in total. The van der Waals surface area contributed by atoms with Gasteiger partial charge in [-0.3, -0.25) is 4.79 Å². The Labute approximate surface area is 101 Å². The molecule has 0 unspecified atom stereocenters. The number of carbonyl (C=O) groups excluding carboxylic acids is 1. The number of benzene rings is 1. The van der Waals surface area contributed by atoms with Crippen LogP contribution in [0.25, 0.3) is 0 Å². The summed E-state index contributed by atoms with van der Waals surface area (Å²) in [6, 6.07) is 10.5. The van der Waals surface area contributed by atoms with Gasteiger partial charge in [-0.25, -0.2) is 0 Å². The van der Waals surface area contributed by atoms with Crippen molar-refractivity contribution in [1.29, 1.82) is 0 Å². The van der Waals surface area contributed by atoms with Crippen LogP contribution in [0.3, 0.4) is 0 Å². The minimum absolute atomic E-state index is 0.261. The van der Waals surface area contributed by atoms with Gasteiger partial charge in [0.2, 0.25) is 0 Å². The van der Waals surface area contributed by atoms with Crippen LogP contribution in [0.4, 0.5) is 0 Å². The Bertz CT molecular complexity index is 400. The molecule has 0 bridgehead atoms. The zero-order valence-electron chi connectivity index (χ0n) is 9.32. The fourth-order valence-corrected chi connectivity index (χ4v) is 4.66. The molecular formula is C14H16OS. The highest BCUT2D eigenvalue weighted by Gasteiger charge is 2.54. The van der Waals surface area contributed by atoms with Crippen LogP contribution < -0.4 is 0 Å². The molecule has 3 rings (SSSR count). The number of ketones is 1. The van der Waals surface area contributed by atoms with Crippen LogP contribution in [-0.2, 0) is 4.79 Å². The van der Waals surface area contributed by atoms with Crippen molar-refractivity contribution in [2.45, 2.75) is 41.7 Å². The smallest absolute Gasteiger partial charge is 0.138 e. The van der Waals surface area contributed by atoms with Crippen molar-refractivity contribution in [3.8, 4) is 0 Å². The van der Waals surface area contributed by atoms with Crippen molar-refractivity contribution in [2.24, 2.45) is 5.92 Å². The Hall–Kier alpha value is -0.760. The summed E-state index contributed by atoms with van der Waals surface area (Å²) >= 11 is 1.94. The van der Waals surface area contributed by atoms with E-state index in [-0.39, 0.29) is 4.75 Å². The quantitative estimate of drug-likeness (QED) is 0.773. The summed E-state index contributed by atoms with van der Waals surface area (Å²) in [4.78, 5) is 13.0. The molecule has 0 radical (unpaired) electrons.